The van der Waals surface area contributed by atoms with Gasteiger partial charge in [-0.3, -0.25) is 9.59 Å². The average molecular weight is 710 g/mol. The largest absolute Gasteiger partial charge is 0.490 e. The number of allylic oxidation sites excluding steroid dienone is 1. The second-order valence-corrected chi connectivity index (χ2v) is 17.4. The van der Waals surface area contributed by atoms with Gasteiger partial charge in [0, 0.05) is 60.9 Å². The second kappa shape index (κ2) is 14.5. The van der Waals surface area contributed by atoms with Gasteiger partial charge in [0.05, 0.1) is 37.4 Å². The predicted molar refractivity (Wildman–Crippen MR) is 202 cm³/mol. The summed E-state index contributed by atoms with van der Waals surface area (Å²) in [4.78, 5) is 30.3. The van der Waals surface area contributed by atoms with Gasteiger partial charge in [-0.2, -0.15) is 4.36 Å². The third-order valence-electron chi connectivity index (χ3n) is 12.0. The van der Waals surface area contributed by atoms with Gasteiger partial charge in [-0.25, -0.2) is 0 Å². The molecule has 3 aromatic rings. The van der Waals surface area contributed by atoms with Gasteiger partial charge < -0.3 is 23.7 Å². The van der Waals surface area contributed by atoms with Crippen LogP contribution in [0.4, 0.5) is 5.69 Å². The maximum Gasteiger partial charge on any atom is 0.283 e. The number of carbonyl (C=O) groups is 2. The van der Waals surface area contributed by atoms with Crippen LogP contribution in [-0.4, -0.2) is 67.3 Å². The number of fused-ring (bicyclic) bond motifs is 5. The lowest BCUT2D eigenvalue weighted by molar-refractivity contribution is 0.0131. The number of aryl methyl sites for hydroxylation is 2. The van der Waals surface area contributed by atoms with Crippen LogP contribution in [0, 0.1) is 24.7 Å². The monoisotopic (exact) mass is 709 g/mol. The summed E-state index contributed by atoms with van der Waals surface area (Å²) in [6.07, 6.45) is 13.0. The van der Waals surface area contributed by atoms with Crippen molar-refractivity contribution in [1.29, 1.82) is 0 Å². The fourth-order valence-electron chi connectivity index (χ4n) is 9.09. The first-order valence-corrected chi connectivity index (χ1v) is 20.4. The normalized spacial score (nSPS) is 29.7. The summed E-state index contributed by atoms with van der Waals surface area (Å²) in [6.45, 7) is 8.62. The van der Waals surface area contributed by atoms with Gasteiger partial charge >= 0.3 is 0 Å². The summed E-state index contributed by atoms with van der Waals surface area (Å²) in [5.41, 5.74) is 7.23. The third-order valence-corrected chi connectivity index (χ3v) is 14.0. The Bertz CT molecular complexity index is 1860. The molecule has 1 amide bonds. The van der Waals surface area contributed by atoms with Crippen LogP contribution in [0.5, 0.6) is 5.75 Å². The van der Waals surface area contributed by atoms with E-state index in [4.69, 9.17) is 18.6 Å². The van der Waals surface area contributed by atoms with Crippen molar-refractivity contribution < 1.29 is 23.8 Å². The summed E-state index contributed by atoms with van der Waals surface area (Å²) in [7, 11) is 1.06. The van der Waals surface area contributed by atoms with E-state index in [1.54, 1.807) is 0 Å². The molecular weight excluding hydrogens is 659 g/mol. The van der Waals surface area contributed by atoms with Crippen molar-refractivity contribution in [2.24, 2.45) is 22.1 Å². The molecule has 1 spiro atoms. The molecule has 6 atom stereocenters. The number of carbonyl (C=O) groups excluding carboxylic acids is 2. The molecule has 0 unspecified atom stereocenters. The maximum atomic E-state index is 14.1. The van der Waals surface area contributed by atoms with Crippen molar-refractivity contribution >= 4 is 28.1 Å². The number of hydrogen-bond donors (Lipinski definition) is 0. The Hall–Kier alpha value is -3.53. The van der Waals surface area contributed by atoms with Crippen molar-refractivity contribution in [1.82, 2.24) is 4.57 Å². The Kier molecular flexibility index (Phi) is 9.81. The number of anilines is 1. The Morgan fingerprint density at radius 1 is 1.16 bits per heavy atom. The van der Waals surface area contributed by atoms with E-state index in [1.807, 2.05) is 37.6 Å². The van der Waals surface area contributed by atoms with Crippen LogP contribution in [0.3, 0.4) is 0 Å². The van der Waals surface area contributed by atoms with Crippen LogP contribution in [-0.2, 0) is 45.2 Å². The highest BCUT2D eigenvalue weighted by atomic mass is 32.2. The van der Waals surface area contributed by atoms with Crippen molar-refractivity contribution in [2.45, 2.75) is 77.0 Å². The van der Waals surface area contributed by atoms with Crippen LogP contribution in [0.25, 0.3) is 0 Å². The molecule has 5 aliphatic rings. The van der Waals surface area contributed by atoms with Crippen LogP contribution in [0.15, 0.2) is 65.2 Å². The summed E-state index contributed by atoms with van der Waals surface area (Å²) >= 11 is 0. The molecule has 8 rings (SSSR count). The number of ether oxygens (including phenoxy) is 3. The van der Waals surface area contributed by atoms with Gasteiger partial charge in [0.2, 0.25) is 0 Å². The zero-order valence-electron chi connectivity index (χ0n) is 30.3. The molecule has 0 radical (unpaired) electrons. The van der Waals surface area contributed by atoms with Crippen LogP contribution in [0.1, 0.15) is 82.1 Å². The highest BCUT2D eigenvalue weighted by Crippen LogP contribution is 2.47. The van der Waals surface area contributed by atoms with E-state index in [1.165, 1.54) is 16.7 Å². The third kappa shape index (κ3) is 7.01. The minimum absolute atomic E-state index is 0.0270. The lowest BCUT2D eigenvalue weighted by Gasteiger charge is -2.46. The van der Waals surface area contributed by atoms with E-state index in [0.717, 1.165) is 75.3 Å². The van der Waals surface area contributed by atoms with E-state index in [9.17, 15) is 9.59 Å². The maximum absolute atomic E-state index is 14.1. The first-order valence-electron chi connectivity index (χ1n) is 18.8. The molecule has 0 N–H and O–H groups in total. The fraction of sp³-hybridized carbons (Fsp3) is 0.524. The zero-order chi connectivity index (χ0) is 35.1. The molecule has 51 heavy (non-hydrogen) atoms. The number of hydrogen-bond acceptors (Lipinski definition) is 6. The van der Waals surface area contributed by atoms with Crippen molar-refractivity contribution in [3.63, 3.8) is 0 Å². The van der Waals surface area contributed by atoms with Crippen molar-refractivity contribution in [3.05, 3.63) is 94.3 Å². The van der Waals surface area contributed by atoms with Gasteiger partial charge in [-0.15, -0.1) is 0 Å². The van der Waals surface area contributed by atoms with Crippen LogP contribution in [0.2, 0.25) is 0 Å². The molecule has 2 aliphatic carbocycles. The topological polar surface area (TPSA) is 82.4 Å². The molecule has 1 saturated carbocycles. The fourth-order valence-corrected chi connectivity index (χ4v) is 10.9. The smallest absolute Gasteiger partial charge is 0.283 e. The zero-order valence-corrected chi connectivity index (χ0v) is 31.1. The summed E-state index contributed by atoms with van der Waals surface area (Å²) in [5, 5.41) is 0. The molecule has 0 saturated heterocycles. The minimum atomic E-state index is -0.781. The first-order chi connectivity index (χ1) is 24.8. The molecule has 9 heteroatoms. The van der Waals surface area contributed by atoms with E-state index >= 15 is 0 Å². The Morgan fingerprint density at radius 2 is 2.06 bits per heavy atom. The Labute approximate surface area is 304 Å². The van der Waals surface area contributed by atoms with Gasteiger partial charge in [0.25, 0.3) is 5.91 Å². The number of nitrogens with zero attached hydrogens (tertiary/aromatic N) is 3. The molecule has 3 aliphatic heterocycles. The molecule has 1 aromatic heterocycles. The number of rotatable bonds is 4. The van der Waals surface area contributed by atoms with Crippen molar-refractivity contribution in [3.8, 4) is 5.75 Å². The van der Waals surface area contributed by atoms with Gasteiger partial charge in [-0.1, -0.05) is 53.5 Å². The SMILES string of the molecule is CO[C@H]1/C=C/C[C@H](C)C[S@@](CC(=O)c2cc3n(c2)CCOC3)=NC(=O)c2ccc3c(c2)N(C[C@@H]2CC[C@H]21)C[C@@]1(CCCc2cc(C)ccc21)CO3. The minimum Gasteiger partial charge on any atom is -0.490 e. The van der Waals surface area contributed by atoms with Crippen LogP contribution < -0.4 is 9.64 Å². The highest BCUT2D eigenvalue weighted by Gasteiger charge is 2.44. The Balaban J connectivity index is 1.16. The van der Waals surface area contributed by atoms with E-state index < -0.39 is 10.7 Å². The molecule has 2 aromatic carbocycles. The molecule has 270 valence electrons. The van der Waals surface area contributed by atoms with Crippen LogP contribution >= 0.6 is 0 Å². The number of methoxy groups -OCH3 is 1. The average Bonchev–Trinajstić information content (AvgIpc) is 3.49. The number of Topliss-reactive ketones (excluding diaryl/α,β-unsaturated/α-hetero) is 1. The molecule has 4 heterocycles. The molecule has 2 bridgehead atoms. The van der Waals surface area contributed by atoms with Crippen molar-refractivity contribution in [2.75, 3.05) is 49.8 Å². The van der Waals surface area contributed by atoms with Gasteiger partial charge in [0.1, 0.15) is 5.75 Å². The summed E-state index contributed by atoms with van der Waals surface area (Å²) in [5.74, 6) is 2.64. The lowest BCUT2D eigenvalue weighted by Crippen LogP contribution is -2.49. The number of ketones is 1. The summed E-state index contributed by atoms with van der Waals surface area (Å²) in [6, 6.07) is 14.7. The molecule has 1 fully saturated rings. The van der Waals surface area contributed by atoms with E-state index in [2.05, 4.69) is 53.7 Å². The molecular formula is C42H51N3O5S. The standard InChI is InChI=1S/C42H51N3O5S/c1-28-9-13-36-30(18-28)7-5-15-42(36)26-45-21-32-10-12-35(32)39(48-3)8-4-6-29(2)24-51(25-38(46)33-19-34-23-49-17-16-44(34)22-33)43-41(47)31-11-14-40(50-27-42)37(45)20-31/h4,8-9,11,13-14,18-20,22,29,32,35,39H,5-7,10,12,15-17,21,23-27H2,1-3H3/b8-4+/t29-,32-,35+,39-,42-,51-/m0/s1. The lowest BCUT2D eigenvalue weighted by atomic mass is 9.68. The molecule has 8 nitrogen and oxygen atoms in total. The van der Waals surface area contributed by atoms with E-state index in [0.29, 0.717) is 48.5 Å². The number of amides is 1. The summed E-state index contributed by atoms with van der Waals surface area (Å²) < 4.78 is 25.4. The first kappa shape index (κ1) is 34.6. The van der Waals surface area contributed by atoms with E-state index in [-0.39, 0.29) is 34.9 Å². The Morgan fingerprint density at radius 3 is 2.88 bits per heavy atom. The predicted octanol–water partition coefficient (Wildman–Crippen LogP) is 7.26. The second-order valence-electron chi connectivity index (χ2n) is 15.7. The number of aromatic nitrogens is 1. The van der Waals surface area contributed by atoms with Gasteiger partial charge in [-0.05, 0) is 98.6 Å². The van der Waals surface area contributed by atoms with Gasteiger partial charge in [0.15, 0.2) is 5.78 Å². The number of benzene rings is 2. The quantitative estimate of drug-likeness (QED) is 0.210. The highest BCUT2D eigenvalue weighted by molar-refractivity contribution is 7.88.